The zero-order valence-corrected chi connectivity index (χ0v) is 11.9. The van der Waals surface area contributed by atoms with Gasteiger partial charge in [-0.05, 0) is 36.4 Å². The maximum absolute atomic E-state index is 12.2. The van der Waals surface area contributed by atoms with Crippen LogP contribution >= 0.6 is 0 Å². The van der Waals surface area contributed by atoms with Gasteiger partial charge in [-0.2, -0.15) is 0 Å². The molecule has 0 aliphatic heterocycles. The molecule has 1 aromatic heterocycles. The highest BCUT2D eigenvalue weighted by Gasteiger charge is 2.12. The number of nitrogens with one attached hydrogen (secondary N) is 1. The number of carbonyl (C=O) groups is 2. The summed E-state index contributed by atoms with van der Waals surface area (Å²) in [6, 6.07) is 10.6. The zero-order chi connectivity index (χ0) is 15.4. The first-order valence-electron chi connectivity index (χ1n) is 6.43. The number of hydrogen-bond donors (Lipinski definition) is 2. The Bertz CT molecular complexity index is 644. The Balaban J connectivity index is 2.11. The summed E-state index contributed by atoms with van der Waals surface area (Å²) in [5.41, 5.74) is 2.00. The van der Waals surface area contributed by atoms with Crippen LogP contribution in [0.25, 0.3) is 0 Å². The van der Waals surface area contributed by atoms with E-state index in [1.54, 1.807) is 30.5 Å². The van der Waals surface area contributed by atoms with E-state index < -0.39 is 5.97 Å². The second kappa shape index (κ2) is 6.13. The lowest BCUT2D eigenvalue weighted by atomic mass is 10.2. The van der Waals surface area contributed by atoms with E-state index in [9.17, 15) is 9.59 Å². The van der Waals surface area contributed by atoms with Gasteiger partial charge in [0.1, 0.15) is 12.2 Å². The molecule has 0 saturated heterocycles. The van der Waals surface area contributed by atoms with Gasteiger partial charge in [-0.25, -0.2) is 0 Å². The van der Waals surface area contributed by atoms with Crippen molar-refractivity contribution in [2.45, 2.75) is 6.54 Å². The number of nitrogens with zero attached hydrogens (tertiary/aromatic N) is 2. The third-order valence-corrected chi connectivity index (χ3v) is 3.01. The second-order valence-electron chi connectivity index (χ2n) is 4.81. The fraction of sp³-hybridized carbons (Fsp3) is 0.200. The zero-order valence-electron chi connectivity index (χ0n) is 11.9. The van der Waals surface area contributed by atoms with E-state index in [1.807, 2.05) is 31.1 Å². The van der Waals surface area contributed by atoms with Crippen molar-refractivity contribution in [1.82, 2.24) is 4.57 Å². The van der Waals surface area contributed by atoms with Crippen LogP contribution in [-0.2, 0) is 11.3 Å². The number of anilines is 2. The van der Waals surface area contributed by atoms with E-state index >= 15 is 0 Å². The van der Waals surface area contributed by atoms with Crippen LogP contribution in [0.4, 0.5) is 11.4 Å². The summed E-state index contributed by atoms with van der Waals surface area (Å²) in [7, 11) is 3.87. The highest BCUT2D eigenvalue weighted by atomic mass is 16.4. The number of benzene rings is 1. The van der Waals surface area contributed by atoms with Gasteiger partial charge in [-0.15, -0.1) is 0 Å². The van der Waals surface area contributed by atoms with Crippen LogP contribution in [0.1, 0.15) is 10.5 Å². The lowest BCUT2D eigenvalue weighted by molar-refractivity contribution is -0.137. The van der Waals surface area contributed by atoms with Crippen LogP contribution in [0.15, 0.2) is 42.6 Å². The summed E-state index contributed by atoms with van der Waals surface area (Å²) in [6.07, 6.45) is 1.57. The van der Waals surface area contributed by atoms with E-state index in [-0.39, 0.29) is 12.5 Å². The molecular weight excluding hydrogens is 270 g/mol. The quantitative estimate of drug-likeness (QED) is 0.880. The molecule has 6 heteroatoms. The molecule has 1 heterocycles. The van der Waals surface area contributed by atoms with E-state index in [1.165, 1.54) is 4.57 Å². The van der Waals surface area contributed by atoms with Gasteiger partial charge in [0.05, 0.1) is 0 Å². The van der Waals surface area contributed by atoms with Crippen molar-refractivity contribution in [2.24, 2.45) is 0 Å². The summed E-state index contributed by atoms with van der Waals surface area (Å²) in [5, 5.41) is 11.6. The molecule has 0 spiro atoms. The van der Waals surface area contributed by atoms with Gasteiger partial charge in [0, 0.05) is 31.7 Å². The molecule has 0 unspecified atom stereocenters. The molecule has 110 valence electrons. The van der Waals surface area contributed by atoms with Crippen LogP contribution in [0, 0.1) is 0 Å². The number of amides is 1. The number of hydrogen-bond acceptors (Lipinski definition) is 3. The molecule has 1 aromatic carbocycles. The van der Waals surface area contributed by atoms with Gasteiger partial charge >= 0.3 is 5.97 Å². The van der Waals surface area contributed by atoms with Gasteiger partial charge in [-0.1, -0.05) is 0 Å². The van der Waals surface area contributed by atoms with Crippen molar-refractivity contribution in [1.29, 1.82) is 0 Å². The van der Waals surface area contributed by atoms with Gasteiger partial charge in [0.15, 0.2) is 0 Å². The van der Waals surface area contributed by atoms with Gasteiger partial charge < -0.3 is 19.9 Å². The minimum absolute atomic E-state index is 0.241. The molecule has 2 rings (SSSR count). The summed E-state index contributed by atoms with van der Waals surface area (Å²) < 4.78 is 1.39. The van der Waals surface area contributed by atoms with Gasteiger partial charge in [0.2, 0.25) is 0 Å². The molecule has 1 amide bonds. The number of aromatic nitrogens is 1. The first kappa shape index (κ1) is 14.6. The lowest BCUT2D eigenvalue weighted by Crippen LogP contribution is -2.19. The number of carboxylic acids is 1. The number of aliphatic carboxylic acids is 1. The summed E-state index contributed by atoms with van der Waals surface area (Å²) in [6.45, 7) is -0.241. The molecule has 6 nitrogen and oxygen atoms in total. The van der Waals surface area contributed by atoms with E-state index in [2.05, 4.69) is 5.32 Å². The maximum Gasteiger partial charge on any atom is 0.323 e. The van der Waals surface area contributed by atoms with Crippen molar-refractivity contribution >= 4 is 23.3 Å². The van der Waals surface area contributed by atoms with Crippen molar-refractivity contribution in [3.05, 3.63) is 48.3 Å². The Morgan fingerprint density at radius 3 is 2.43 bits per heavy atom. The monoisotopic (exact) mass is 287 g/mol. The number of rotatable bonds is 5. The van der Waals surface area contributed by atoms with Crippen LogP contribution in [-0.4, -0.2) is 35.6 Å². The molecule has 2 aromatic rings. The molecule has 0 radical (unpaired) electrons. The first-order valence-corrected chi connectivity index (χ1v) is 6.43. The third kappa shape index (κ3) is 3.62. The fourth-order valence-electron chi connectivity index (χ4n) is 1.94. The minimum Gasteiger partial charge on any atom is -0.480 e. The Morgan fingerprint density at radius 1 is 1.19 bits per heavy atom. The predicted octanol–water partition coefficient (Wildman–Crippen LogP) is 1.89. The van der Waals surface area contributed by atoms with Gasteiger partial charge in [0.25, 0.3) is 5.91 Å². The first-order chi connectivity index (χ1) is 9.97. The van der Waals surface area contributed by atoms with Crippen molar-refractivity contribution in [3.63, 3.8) is 0 Å². The maximum atomic E-state index is 12.2. The molecule has 0 bridgehead atoms. The second-order valence-corrected chi connectivity index (χ2v) is 4.81. The highest BCUT2D eigenvalue weighted by molar-refractivity contribution is 6.03. The molecule has 0 atom stereocenters. The molecule has 0 aliphatic carbocycles. The molecule has 21 heavy (non-hydrogen) atoms. The lowest BCUT2D eigenvalue weighted by Gasteiger charge is -2.13. The van der Waals surface area contributed by atoms with E-state index in [0.29, 0.717) is 11.4 Å². The number of carboxylic acid groups (broad SMARTS) is 1. The van der Waals surface area contributed by atoms with Gasteiger partial charge in [-0.3, -0.25) is 9.59 Å². The van der Waals surface area contributed by atoms with Crippen LogP contribution in [0.3, 0.4) is 0 Å². The molecule has 0 fully saturated rings. The van der Waals surface area contributed by atoms with E-state index in [4.69, 9.17) is 5.11 Å². The Kier molecular flexibility index (Phi) is 4.27. The summed E-state index contributed by atoms with van der Waals surface area (Å²) in [5.74, 6) is -1.32. The largest absolute Gasteiger partial charge is 0.480 e. The van der Waals surface area contributed by atoms with Crippen LogP contribution in [0.2, 0.25) is 0 Å². The molecule has 2 N–H and O–H groups in total. The Hall–Kier alpha value is -2.76. The average Bonchev–Trinajstić information content (AvgIpc) is 2.86. The van der Waals surface area contributed by atoms with Crippen molar-refractivity contribution in [3.8, 4) is 0 Å². The predicted molar refractivity (Wildman–Crippen MR) is 80.8 cm³/mol. The minimum atomic E-state index is -0.990. The smallest absolute Gasteiger partial charge is 0.323 e. The third-order valence-electron chi connectivity index (χ3n) is 3.01. The topological polar surface area (TPSA) is 74.6 Å². The standard InChI is InChI=1S/C15H17N3O3/c1-17(2)12-7-5-11(6-8-12)16-15(21)13-4-3-9-18(13)10-14(19)20/h3-9H,10H2,1-2H3,(H,16,21)(H,19,20). The molecular formula is C15H17N3O3. The average molecular weight is 287 g/mol. The highest BCUT2D eigenvalue weighted by Crippen LogP contribution is 2.16. The SMILES string of the molecule is CN(C)c1ccc(NC(=O)c2cccn2CC(=O)O)cc1. The molecule has 0 saturated carbocycles. The summed E-state index contributed by atoms with van der Waals surface area (Å²) in [4.78, 5) is 24.9. The summed E-state index contributed by atoms with van der Waals surface area (Å²) >= 11 is 0. The number of carbonyl (C=O) groups excluding carboxylic acids is 1. The molecule has 0 aliphatic rings. The van der Waals surface area contributed by atoms with Crippen molar-refractivity contribution < 1.29 is 14.7 Å². The fourth-order valence-corrected chi connectivity index (χ4v) is 1.94. The Morgan fingerprint density at radius 2 is 1.86 bits per heavy atom. The van der Waals surface area contributed by atoms with E-state index in [0.717, 1.165) is 5.69 Å². The van der Waals surface area contributed by atoms with Crippen molar-refractivity contribution in [2.75, 3.05) is 24.3 Å². The van der Waals surface area contributed by atoms with Crippen LogP contribution < -0.4 is 10.2 Å². The normalized spacial score (nSPS) is 10.2. The Labute approximate surface area is 122 Å². The van der Waals surface area contributed by atoms with Crippen LogP contribution in [0.5, 0.6) is 0 Å².